The third kappa shape index (κ3) is 5.41. The van der Waals surface area contributed by atoms with Gasteiger partial charge < -0.3 is 15.0 Å². The van der Waals surface area contributed by atoms with Crippen LogP contribution in [-0.2, 0) is 20.9 Å². The first-order valence-electron chi connectivity index (χ1n) is 11.4. The van der Waals surface area contributed by atoms with Gasteiger partial charge in [0.1, 0.15) is 11.9 Å². The van der Waals surface area contributed by atoms with E-state index in [0.717, 1.165) is 4.90 Å². The highest BCUT2D eigenvalue weighted by Crippen LogP contribution is 2.28. The van der Waals surface area contributed by atoms with Crippen molar-refractivity contribution in [3.05, 3.63) is 95.8 Å². The number of carbonyl (C=O) groups excluding carboxylic acids is 4. The van der Waals surface area contributed by atoms with E-state index in [1.165, 1.54) is 35.2 Å². The molecule has 1 fully saturated rings. The second kappa shape index (κ2) is 10.8. The van der Waals surface area contributed by atoms with Crippen LogP contribution >= 0.6 is 0 Å². The van der Waals surface area contributed by atoms with Gasteiger partial charge in [-0.25, -0.2) is 18.9 Å². The van der Waals surface area contributed by atoms with Crippen LogP contribution in [-0.4, -0.2) is 41.4 Å². The number of halogens is 1. The first-order chi connectivity index (χ1) is 17.4. The van der Waals surface area contributed by atoms with Crippen molar-refractivity contribution in [1.82, 2.24) is 4.90 Å². The first kappa shape index (κ1) is 24.6. The Morgan fingerprint density at radius 2 is 1.69 bits per heavy atom. The largest absolute Gasteiger partial charge is 0.462 e. The molecule has 3 aromatic carbocycles. The number of urea groups is 1. The lowest BCUT2D eigenvalue weighted by atomic mass is 10.1. The molecule has 1 N–H and O–H groups in total. The highest BCUT2D eigenvalue weighted by atomic mass is 19.1. The minimum Gasteiger partial charge on any atom is -0.462 e. The molecule has 1 aliphatic heterocycles. The summed E-state index contributed by atoms with van der Waals surface area (Å²) < 4.78 is 18.4. The highest BCUT2D eigenvalue weighted by molar-refractivity contribution is 6.22. The Labute approximate surface area is 207 Å². The number of nitrogens with one attached hydrogen (secondary N) is 1. The van der Waals surface area contributed by atoms with E-state index in [4.69, 9.17) is 4.74 Å². The number of nitrogens with zero attached hydrogens (tertiary/aromatic N) is 2. The van der Waals surface area contributed by atoms with Gasteiger partial charge in [0.25, 0.3) is 5.91 Å². The number of hydrogen-bond donors (Lipinski definition) is 1. The lowest BCUT2D eigenvalue weighted by Crippen LogP contribution is -2.37. The summed E-state index contributed by atoms with van der Waals surface area (Å²) in [5.74, 6) is -1.99. The van der Waals surface area contributed by atoms with E-state index in [0.29, 0.717) is 16.9 Å². The average Bonchev–Trinajstić information content (AvgIpc) is 3.10. The Morgan fingerprint density at radius 1 is 0.972 bits per heavy atom. The molecule has 0 saturated carbocycles. The number of benzene rings is 3. The van der Waals surface area contributed by atoms with Crippen LogP contribution in [0.2, 0.25) is 0 Å². The average molecular weight is 490 g/mol. The molecular weight excluding hydrogens is 465 g/mol. The molecule has 1 saturated heterocycles. The molecule has 0 aromatic heterocycles. The zero-order chi connectivity index (χ0) is 25.7. The third-order valence-corrected chi connectivity index (χ3v) is 5.64. The topological polar surface area (TPSA) is 96.0 Å². The Balaban J connectivity index is 1.56. The van der Waals surface area contributed by atoms with E-state index < -0.39 is 35.7 Å². The predicted octanol–water partition coefficient (Wildman–Crippen LogP) is 4.37. The molecule has 0 bridgehead atoms. The normalized spacial score (nSPS) is 15.2. The molecule has 4 amide bonds. The maximum atomic E-state index is 13.4. The zero-order valence-electron chi connectivity index (χ0n) is 19.5. The molecule has 0 aliphatic carbocycles. The minimum atomic E-state index is -1.07. The molecule has 1 aliphatic rings. The number of hydrogen-bond acceptors (Lipinski definition) is 5. The van der Waals surface area contributed by atoms with E-state index in [9.17, 15) is 23.6 Å². The Bertz CT molecular complexity index is 1280. The Hall–Kier alpha value is -4.53. The smallest absolute Gasteiger partial charge is 0.338 e. The van der Waals surface area contributed by atoms with Crippen LogP contribution in [0.1, 0.15) is 29.3 Å². The molecule has 36 heavy (non-hydrogen) atoms. The molecule has 0 radical (unpaired) electrons. The molecular formula is C27H24FN3O5. The number of para-hydroxylation sites is 1. The maximum Gasteiger partial charge on any atom is 0.338 e. The third-order valence-electron chi connectivity index (χ3n) is 5.64. The maximum absolute atomic E-state index is 13.4. The molecule has 184 valence electrons. The quantitative estimate of drug-likeness (QED) is 0.375. The molecule has 1 atom stereocenters. The first-order valence-corrected chi connectivity index (χ1v) is 11.4. The Morgan fingerprint density at radius 3 is 2.39 bits per heavy atom. The summed E-state index contributed by atoms with van der Waals surface area (Å²) in [6.45, 7) is 1.93. The van der Waals surface area contributed by atoms with E-state index in [-0.39, 0.29) is 25.1 Å². The second-order valence-electron chi connectivity index (χ2n) is 8.12. The van der Waals surface area contributed by atoms with Gasteiger partial charge in [-0.05, 0) is 55.0 Å². The molecule has 9 heteroatoms. The van der Waals surface area contributed by atoms with Crippen molar-refractivity contribution >= 4 is 35.2 Å². The van der Waals surface area contributed by atoms with Crippen LogP contribution in [0.4, 0.5) is 20.6 Å². The van der Waals surface area contributed by atoms with Gasteiger partial charge in [0, 0.05) is 12.2 Å². The van der Waals surface area contributed by atoms with Gasteiger partial charge >= 0.3 is 12.0 Å². The van der Waals surface area contributed by atoms with Gasteiger partial charge in [-0.3, -0.25) is 9.59 Å². The van der Waals surface area contributed by atoms with Crippen molar-refractivity contribution in [2.24, 2.45) is 0 Å². The summed E-state index contributed by atoms with van der Waals surface area (Å²) in [4.78, 5) is 53.9. The van der Waals surface area contributed by atoms with Crippen LogP contribution in [0.3, 0.4) is 0 Å². The number of ether oxygens (including phenoxy) is 1. The minimum absolute atomic E-state index is 0.0183. The summed E-state index contributed by atoms with van der Waals surface area (Å²) in [5.41, 5.74) is 1.63. The summed E-state index contributed by atoms with van der Waals surface area (Å²) in [6, 6.07) is 18.6. The molecule has 1 heterocycles. The Kier molecular flexibility index (Phi) is 7.39. The summed E-state index contributed by atoms with van der Waals surface area (Å²) in [7, 11) is 0. The highest BCUT2D eigenvalue weighted by Gasteiger charge is 2.46. The van der Waals surface area contributed by atoms with Crippen molar-refractivity contribution in [3.8, 4) is 0 Å². The number of imide groups is 1. The lowest BCUT2D eigenvalue weighted by molar-refractivity contribution is -0.124. The number of amides is 4. The molecule has 8 nitrogen and oxygen atoms in total. The zero-order valence-corrected chi connectivity index (χ0v) is 19.5. The van der Waals surface area contributed by atoms with E-state index in [2.05, 4.69) is 5.32 Å². The summed E-state index contributed by atoms with van der Waals surface area (Å²) >= 11 is 0. The fourth-order valence-electron chi connectivity index (χ4n) is 3.94. The van der Waals surface area contributed by atoms with Crippen LogP contribution < -0.4 is 10.2 Å². The van der Waals surface area contributed by atoms with Gasteiger partial charge in [0.05, 0.1) is 24.3 Å². The van der Waals surface area contributed by atoms with Crippen LogP contribution in [0.5, 0.6) is 0 Å². The van der Waals surface area contributed by atoms with Gasteiger partial charge in [-0.2, -0.15) is 0 Å². The summed E-state index contributed by atoms with van der Waals surface area (Å²) in [5, 5.41) is 2.68. The molecule has 4 rings (SSSR count). The monoisotopic (exact) mass is 489 g/mol. The number of esters is 1. The predicted molar refractivity (Wildman–Crippen MR) is 131 cm³/mol. The SMILES string of the molecule is CCOC(=O)c1cccc(NC(=O)C[C@@H]2C(=O)N(c3ccccc3)C(=O)N2Cc2ccc(F)cc2)c1. The van der Waals surface area contributed by atoms with E-state index >= 15 is 0 Å². The van der Waals surface area contributed by atoms with Crippen molar-refractivity contribution in [2.75, 3.05) is 16.8 Å². The molecule has 0 unspecified atom stereocenters. The number of carbonyl (C=O) groups is 4. The van der Waals surface area contributed by atoms with E-state index in [1.54, 1.807) is 55.5 Å². The number of anilines is 2. The van der Waals surface area contributed by atoms with Crippen molar-refractivity contribution in [2.45, 2.75) is 25.9 Å². The van der Waals surface area contributed by atoms with Gasteiger partial charge in [-0.15, -0.1) is 0 Å². The second-order valence-corrected chi connectivity index (χ2v) is 8.12. The van der Waals surface area contributed by atoms with Gasteiger partial charge in [-0.1, -0.05) is 36.4 Å². The van der Waals surface area contributed by atoms with Crippen molar-refractivity contribution in [3.63, 3.8) is 0 Å². The van der Waals surface area contributed by atoms with Crippen molar-refractivity contribution in [1.29, 1.82) is 0 Å². The summed E-state index contributed by atoms with van der Waals surface area (Å²) in [6.07, 6.45) is -0.307. The number of rotatable bonds is 8. The molecule has 3 aromatic rings. The lowest BCUT2D eigenvalue weighted by Gasteiger charge is -2.21. The van der Waals surface area contributed by atoms with E-state index in [1.807, 2.05) is 0 Å². The standard InChI is InChI=1S/C27H24FN3O5/c1-2-36-26(34)19-7-6-8-21(15-19)29-24(32)16-23-25(33)31(22-9-4-3-5-10-22)27(35)30(23)17-18-11-13-20(28)14-12-18/h3-15,23H,2,16-17H2,1H3,(H,29,32)/t23-/m1/s1. The van der Waals surface area contributed by atoms with Gasteiger partial charge in [0.2, 0.25) is 5.91 Å². The van der Waals surface area contributed by atoms with Crippen LogP contribution in [0.15, 0.2) is 78.9 Å². The molecule has 0 spiro atoms. The van der Waals surface area contributed by atoms with Crippen LogP contribution in [0, 0.1) is 5.82 Å². The fourth-order valence-corrected chi connectivity index (χ4v) is 3.94. The van der Waals surface area contributed by atoms with Crippen molar-refractivity contribution < 1.29 is 28.3 Å². The van der Waals surface area contributed by atoms with Gasteiger partial charge in [0.15, 0.2) is 0 Å². The fraction of sp³-hybridized carbons (Fsp3) is 0.185. The van der Waals surface area contributed by atoms with Crippen LogP contribution in [0.25, 0.3) is 0 Å².